The number of hydrogen-bond acceptors (Lipinski definition) is 2. The summed E-state index contributed by atoms with van der Waals surface area (Å²) in [6, 6.07) is 7.60. The van der Waals surface area contributed by atoms with Gasteiger partial charge in [-0.2, -0.15) is 13.2 Å². The van der Waals surface area contributed by atoms with Crippen LogP contribution in [0.15, 0.2) is 47.4 Å². The second-order valence-corrected chi connectivity index (χ2v) is 4.69. The van der Waals surface area contributed by atoms with Crippen LogP contribution in [0.2, 0.25) is 5.02 Å². The van der Waals surface area contributed by atoms with Crippen LogP contribution < -0.4 is 5.56 Å². The number of rotatable bonds is 3. The Hall–Kier alpha value is -2.08. The van der Waals surface area contributed by atoms with E-state index in [0.29, 0.717) is 16.8 Å². The molecular formula is C14H9ClF3NO2. The Morgan fingerprint density at radius 2 is 1.81 bits per heavy atom. The van der Waals surface area contributed by atoms with Gasteiger partial charge in [-0.25, -0.2) is 0 Å². The highest BCUT2D eigenvalue weighted by molar-refractivity contribution is 6.33. The van der Waals surface area contributed by atoms with Crippen LogP contribution in [0.5, 0.6) is 0 Å². The van der Waals surface area contributed by atoms with Gasteiger partial charge in [-0.1, -0.05) is 23.7 Å². The molecule has 2 aromatic rings. The minimum absolute atomic E-state index is 0.156. The van der Waals surface area contributed by atoms with Gasteiger partial charge in [0.2, 0.25) is 0 Å². The summed E-state index contributed by atoms with van der Waals surface area (Å²) in [4.78, 5) is 23.6. The van der Waals surface area contributed by atoms with Gasteiger partial charge in [0.1, 0.15) is 0 Å². The number of halogens is 4. The maximum atomic E-state index is 12.6. The number of benzene rings is 1. The monoisotopic (exact) mass is 315 g/mol. The molecule has 0 N–H and O–H groups in total. The first-order valence-electron chi connectivity index (χ1n) is 5.84. The SMILES string of the molecule is O=C(Cn1cc(C(F)(F)F)ccc1=O)c1ccccc1Cl. The zero-order valence-corrected chi connectivity index (χ0v) is 11.3. The average molecular weight is 316 g/mol. The highest BCUT2D eigenvalue weighted by Crippen LogP contribution is 2.28. The zero-order chi connectivity index (χ0) is 15.6. The van der Waals surface area contributed by atoms with Crippen LogP contribution in [0.25, 0.3) is 0 Å². The smallest absolute Gasteiger partial charge is 0.307 e. The molecule has 3 nitrogen and oxygen atoms in total. The molecular weight excluding hydrogens is 307 g/mol. The Labute approximate surface area is 122 Å². The van der Waals surface area contributed by atoms with Crippen molar-refractivity contribution < 1.29 is 18.0 Å². The van der Waals surface area contributed by atoms with Gasteiger partial charge in [0.05, 0.1) is 17.1 Å². The van der Waals surface area contributed by atoms with E-state index in [1.807, 2.05) is 0 Å². The minimum atomic E-state index is -4.58. The summed E-state index contributed by atoms with van der Waals surface area (Å²) in [5, 5.41) is 0.183. The topological polar surface area (TPSA) is 39.1 Å². The van der Waals surface area contributed by atoms with Gasteiger partial charge in [0.25, 0.3) is 5.56 Å². The fourth-order valence-corrected chi connectivity index (χ4v) is 1.99. The van der Waals surface area contributed by atoms with Gasteiger partial charge in [-0.15, -0.1) is 0 Å². The summed E-state index contributed by atoms with van der Waals surface area (Å²) in [5.74, 6) is -0.540. The molecule has 0 aliphatic heterocycles. The first kappa shape index (κ1) is 15.3. The van der Waals surface area contributed by atoms with E-state index in [1.54, 1.807) is 12.1 Å². The fourth-order valence-electron chi connectivity index (χ4n) is 1.75. The van der Waals surface area contributed by atoms with Gasteiger partial charge in [-0.05, 0) is 18.2 Å². The molecule has 21 heavy (non-hydrogen) atoms. The Bertz CT molecular complexity index is 737. The summed E-state index contributed by atoms with van der Waals surface area (Å²) < 4.78 is 38.5. The number of Topliss-reactive ketones (excluding diaryl/α,β-unsaturated/α-hetero) is 1. The van der Waals surface area contributed by atoms with Crippen LogP contribution in [0.1, 0.15) is 15.9 Å². The molecule has 110 valence electrons. The largest absolute Gasteiger partial charge is 0.417 e. The quantitative estimate of drug-likeness (QED) is 0.814. The molecule has 1 heterocycles. The van der Waals surface area contributed by atoms with E-state index in [1.165, 1.54) is 12.1 Å². The van der Waals surface area contributed by atoms with E-state index in [0.717, 1.165) is 6.07 Å². The summed E-state index contributed by atoms with van der Waals surface area (Å²) in [5.41, 5.74) is -1.53. The normalized spacial score (nSPS) is 11.4. The summed E-state index contributed by atoms with van der Waals surface area (Å²) in [6.45, 7) is -0.507. The number of nitrogens with zero attached hydrogens (tertiary/aromatic N) is 1. The molecule has 0 radical (unpaired) electrons. The van der Waals surface area contributed by atoms with Gasteiger partial charge in [0.15, 0.2) is 5.78 Å². The van der Waals surface area contributed by atoms with Crippen LogP contribution in [0.3, 0.4) is 0 Å². The van der Waals surface area contributed by atoms with Gasteiger partial charge in [0, 0.05) is 17.8 Å². The van der Waals surface area contributed by atoms with Crippen molar-refractivity contribution >= 4 is 17.4 Å². The van der Waals surface area contributed by atoms with Crippen molar-refractivity contribution in [3.05, 3.63) is 69.1 Å². The molecule has 0 amide bonds. The lowest BCUT2D eigenvalue weighted by Gasteiger charge is -2.10. The minimum Gasteiger partial charge on any atom is -0.307 e. The second kappa shape index (κ2) is 5.73. The highest BCUT2D eigenvalue weighted by atomic mass is 35.5. The lowest BCUT2D eigenvalue weighted by molar-refractivity contribution is -0.138. The molecule has 1 aromatic carbocycles. The first-order chi connectivity index (χ1) is 9.79. The maximum absolute atomic E-state index is 12.6. The Morgan fingerprint density at radius 1 is 1.14 bits per heavy atom. The van der Waals surface area contributed by atoms with Crippen LogP contribution in [-0.2, 0) is 12.7 Å². The van der Waals surface area contributed by atoms with Crippen molar-refractivity contribution in [3.8, 4) is 0 Å². The molecule has 0 spiro atoms. The lowest BCUT2D eigenvalue weighted by atomic mass is 10.1. The van der Waals surface area contributed by atoms with Crippen molar-refractivity contribution in [3.63, 3.8) is 0 Å². The van der Waals surface area contributed by atoms with E-state index >= 15 is 0 Å². The van der Waals surface area contributed by atoms with E-state index in [2.05, 4.69) is 0 Å². The third-order valence-electron chi connectivity index (χ3n) is 2.80. The lowest BCUT2D eigenvalue weighted by Crippen LogP contribution is -2.25. The van der Waals surface area contributed by atoms with E-state index in [-0.39, 0.29) is 10.6 Å². The maximum Gasteiger partial charge on any atom is 0.417 e. The molecule has 0 saturated heterocycles. The standard InChI is InChI=1S/C14H9ClF3NO2/c15-11-4-2-1-3-10(11)12(20)8-19-7-9(14(16,17)18)5-6-13(19)21/h1-7H,8H2. The Balaban J connectivity index is 2.34. The predicted octanol–water partition coefficient (Wildman–Crippen LogP) is 3.40. The Morgan fingerprint density at radius 3 is 2.43 bits per heavy atom. The van der Waals surface area contributed by atoms with Crippen LogP contribution in [0, 0.1) is 0 Å². The summed E-state index contributed by atoms with van der Waals surface area (Å²) >= 11 is 5.84. The predicted molar refractivity (Wildman–Crippen MR) is 71.5 cm³/mol. The number of carbonyl (C=O) groups excluding carboxylic acids is 1. The average Bonchev–Trinajstić information content (AvgIpc) is 2.40. The molecule has 2 rings (SSSR count). The molecule has 0 bridgehead atoms. The molecule has 1 aromatic heterocycles. The fraction of sp³-hybridized carbons (Fsp3) is 0.143. The van der Waals surface area contributed by atoms with Crippen molar-refractivity contribution in [1.29, 1.82) is 0 Å². The molecule has 0 unspecified atom stereocenters. The molecule has 0 fully saturated rings. The van der Waals surface area contributed by atoms with Crippen molar-refractivity contribution in [2.75, 3.05) is 0 Å². The third kappa shape index (κ3) is 3.52. The van der Waals surface area contributed by atoms with E-state index < -0.39 is 29.6 Å². The number of pyridine rings is 1. The Kier molecular flexibility index (Phi) is 4.18. The third-order valence-corrected chi connectivity index (χ3v) is 3.13. The first-order valence-corrected chi connectivity index (χ1v) is 6.22. The van der Waals surface area contributed by atoms with Gasteiger partial charge < -0.3 is 4.57 Å². The van der Waals surface area contributed by atoms with Crippen LogP contribution in [-0.4, -0.2) is 10.4 Å². The van der Waals surface area contributed by atoms with Gasteiger partial charge >= 0.3 is 6.18 Å². The molecule has 0 saturated carbocycles. The van der Waals surface area contributed by atoms with Crippen LogP contribution >= 0.6 is 11.6 Å². The highest BCUT2D eigenvalue weighted by Gasteiger charge is 2.31. The summed E-state index contributed by atoms with van der Waals surface area (Å²) in [6.07, 6.45) is -3.96. The number of hydrogen-bond donors (Lipinski definition) is 0. The molecule has 7 heteroatoms. The summed E-state index contributed by atoms with van der Waals surface area (Å²) in [7, 11) is 0. The molecule has 0 aliphatic rings. The van der Waals surface area contributed by atoms with Crippen molar-refractivity contribution in [1.82, 2.24) is 4.57 Å². The number of ketones is 1. The van der Waals surface area contributed by atoms with Crippen molar-refractivity contribution in [2.45, 2.75) is 12.7 Å². The van der Waals surface area contributed by atoms with Gasteiger partial charge in [-0.3, -0.25) is 9.59 Å². The van der Waals surface area contributed by atoms with E-state index in [4.69, 9.17) is 11.6 Å². The van der Waals surface area contributed by atoms with Crippen molar-refractivity contribution in [2.24, 2.45) is 0 Å². The van der Waals surface area contributed by atoms with E-state index in [9.17, 15) is 22.8 Å². The van der Waals surface area contributed by atoms with Crippen LogP contribution in [0.4, 0.5) is 13.2 Å². The number of aromatic nitrogens is 1. The molecule has 0 aliphatic carbocycles. The number of alkyl halides is 3. The molecule has 0 atom stereocenters. The number of carbonyl (C=O) groups is 1. The second-order valence-electron chi connectivity index (χ2n) is 4.28. The zero-order valence-electron chi connectivity index (χ0n) is 10.5.